The van der Waals surface area contributed by atoms with Crippen LogP contribution in [0.25, 0.3) is 0 Å². The van der Waals surface area contributed by atoms with E-state index in [1.807, 2.05) is 13.8 Å². The maximum Gasteiger partial charge on any atom is 0.227 e. The number of amides is 1. The molecule has 1 unspecified atom stereocenters. The van der Waals surface area contributed by atoms with Gasteiger partial charge in [-0.2, -0.15) is 0 Å². The molecule has 1 amide bonds. The molecule has 0 saturated carbocycles. The van der Waals surface area contributed by atoms with Gasteiger partial charge in [-0.15, -0.1) is 24.8 Å². The third kappa shape index (κ3) is 4.56. The summed E-state index contributed by atoms with van der Waals surface area (Å²) in [5.74, 6) is 0.0966. The minimum Gasteiger partial charge on any atom is -0.366 e. The first kappa shape index (κ1) is 23.0. The Morgan fingerprint density at radius 3 is 2.50 bits per heavy atom. The lowest BCUT2D eigenvalue weighted by molar-refractivity contribution is -0.131. The summed E-state index contributed by atoms with van der Waals surface area (Å²) in [4.78, 5) is 14.9. The Bertz CT molecular complexity index is 512. The van der Waals surface area contributed by atoms with E-state index in [9.17, 15) is 4.79 Å². The first-order valence-electron chi connectivity index (χ1n) is 8.41. The van der Waals surface area contributed by atoms with Crippen molar-refractivity contribution < 1.29 is 4.79 Å². The molecule has 24 heavy (non-hydrogen) atoms. The number of carbonyl (C=O) groups excluding carboxylic acids is 1. The molecule has 1 aliphatic heterocycles. The van der Waals surface area contributed by atoms with Crippen LogP contribution in [0.2, 0.25) is 0 Å². The Morgan fingerprint density at radius 1 is 1.29 bits per heavy atom. The maximum atomic E-state index is 12.5. The van der Waals surface area contributed by atoms with Gasteiger partial charge in [0.25, 0.3) is 0 Å². The molecule has 0 bridgehead atoms. The fraction of sp³-hybridized carbons (Fsp3) is 0.611. The smallest absolute Gasteiger partial charge is 0.227 e. The van der Waals surface area contributed by atoms with Crippen molar-refractivity contribution in [2.24, 2.45) is 11.1 Å². The second-order valence-corrected chi connectivity index (χ2v) is 6.32. The number of halogens is 2. The summed E-state index contributed by atoms with van der Waals surface area (Å²) in [5.41, 5.74) is 8.14. The second-order valence-electron chi connectivity index (χ2n) is 6.32. The molecular weight excluding hydrogens is 345 g/mol. The molecule has 6 heteroatoms. The van der Waals surface area contributed by atoms with Crippen LogP contribution in [0.1, 0.15) is 39.2 Å². The maximum absolute atomic E-state index is 12.5. The lowest BCUT2D eigenvalue weighted by atomic mass is 9.81. The van der Waals surface area contributed by atoms with Crippen molar-refractivity contribution >= 4 is 36.4 Å². The lowest BCUT2D eigenvalue weighted by Crippen LogP contribution is -2.49. The predicted molar refractivity (Wildman–Crippen MR) is 107 cm³/mol. The Labute approximate surface area is 158 Å². The number of nitrogens with two attached hydrogens (primary N) is 1. The van der Waals surface area contributed by atoms with E-state index in [4.69, 9.17) is 5.73 Å². The molecule has 0 saturated heterocycles. The highest BCUT2D eigenvalue weighted by molar-refractivity contribution is 5.85. The van der Waals surface area contributed by atoms with Gasteiger partial charge in [0, 0.05) is 31.4 Å². The number of carbonyl (C=O) groups is 1. The van der Waals surface area contributed by atoms with Gasteiger partial charge in [0.2, 0.25) is 5.91 Å². The zero-order valence-corrected chi connectivity index (χ0v) is 16.5. The van der Waals surface area contributed by atoms with E-state index in [-0.39, 0.29) is 36.8 Å². The normalized spacial score (nSPS) is 14.2. The predicted octanol–water partition coefficient (Wildman–Crippen LogP) is 3.16. The molecule has 2 rings (SSSR count). The van der Waals surface area contributed by atoms with Gasteiger partial charge in [-0.25, -0.2) is 0 Å². The third-order valence-corrected chi connectivity index (χ3v) is 5.24. The summed E-state index contributed by atoms with van der Waals surface area (Å²) in [6, 6.07) is 8.82. The van der Waals surface area contributed by atoms with Gasteiger partial charge in [-0.05, 0) is 37.8 Å². The average molecular weight is 376 g/mol. The van der Waals surface area contributed by atoms with Crippen LogP contribution >= 0.6 is 24.8 Å². The molecule has 138 valence electrons. The highest BCUT2D eigenvalue weighted by Gasteiger charge is 2.33. The lowest BCUT2D eigenvalue weighted by Gasteiger charge is -2.32. The summed E-state index contributed by atoms with van der Waals surface area (Å²) in [5, 5.41) is 3.12. The monoisotopic (exact) mass is 375 g/mol. The summed E-state index contributed by atoms with van der Waals surface area (Å²) in [7, 11) is 0. The van der Waals surface area contributed by atoms with Gasteiger partial charge in [0.15, 0.2) is 0 Å². The van der Waals surface area contributed by atoms with Crippen LogP contribution in [0.5, 0.6) is 0 Å². The largest absolute Gasteiger partial charge is 0.366 e. The van der Waals surface area contributed by atoms with Crippen molar-refractivity contribution in [3.63, 3.8) is 0 Å². The molecule has 0 spiro atoms. The van der Waals surface area contributed by atoms with Crippen LogP contribution < -0.4 is 16.0 Å². The van der Waals surface area contributed by atoms with Crippen molar-refractivity contribution in [1.82, 2.24) is 5.32 Å². The Kier molecular flexibility index (Phi) is 9.71. The molecule has 0 radical (unpaired) electrons. The SMILES string of the molecule is CCC(CC)(CN)C(=O)NCC(C)N1CCc2ccccc21.Cl.Cl. The van der Waals surface area contributed by atoms with E-state index in [0.29, 0.717) is 13.1 Å². The first-order chi connectivity index (χ1) is 10.6. The highest BCUT2D eigenvalue weighted by atomic mass is 35.5. The summed E-state index contributed by atoms with van der Waals surface area (Å²) in [6.45, 7) is 8.35. The van der Waals surface area contributed by atoms with Crippen LogP contribution in [-0.4, -0.2) is 31.6 Å². The number of benzene rings is 1. The number of nitrogens with one attached hydrogen (secondary N) is 1. The highest BCUT2D eigenvalue weighted by Crippen LogP contribution is 2.29. The average Bonchev–Trinajstić information content (AvgIpc) is 2.99. The standard InChI is InChI=1S/C18H29N3O.2ClH/c1-4-18(5-2,13-19)17(22)20-12-14(3)21-11-10-15-8-6-7-9-16(15)21;;/h6-9,14H,4-5,10-13,19H2,1-3H3,(H,20,22);2*1H. The molecule has 0 aliphatic carbocycles. The van der Waals surface area contributed by atoms with Gasteiger partial charge in [0.1, 0.15) is 0 Å². The van der Waals surface area contributed by atoms with Crippen molar-refractivity contribution in [2.45, 2.75) is 46.1 Å². The van der Waals surface area contributed by atoms with E-state index >= 15 is 0 Å². The number of nitrogens with zero attached hydrogens (tertiary/aromatic N) is 1. The van der Waals surface area contributed by atoms with E-state index in [1.54, 1.807) is 0 Å². The number of rotatable bonds is 7. The number of para-hydroxylation sites is 1. The molecule has 1 atom stereocenters. The van der Waals surface area contributed by atoms with Crippen molar-refractivity contribution in [1.29, 1.82) is 0 Å². The van der Waals surface area contributed by atoms with Gasteiger partial charge < -0.3 is 16.0 Å². The molecule has 0 fully saturated rings. The first-order valence-corrected chi connectivity index (χ1v) is 8.41. The number of hydrogen-bond acceptors (Lipinski definition) is 3. The second kappa shape index (κ2) is 10.1. The van der Waals surface area contributed by atoms with Crippen LogP contribution in [0.4, 0.5) is 5.69 Å². The van der Waals surface area contributed by atoms with Crippen molar-refractivity contribution in [2.75, 3.05) is 24.5 Å². The van der Waals surface area contributed by atoms with Crippen LogP contribution in [-0.2, 0) is 11.2 Å². The van der Waals surface area contributed by atoms with Crippen molar-refractivity contribution in [3.8, 4) is 0 Å². The minimum absolute atomic E-state index is 0. The summed E-state index contributed by atoms with van der Waals surface area (Å²) >= 11 is 0. The van der Waals surface area contributed by atoms with Gasteiger partial charge in [0.05, 0.1) is 5.41 Å². The summed E-state index contributed by atoms with van der Waals surface area (Å²) < 4.78 is 0. The number of anilines is 1. The molecule has 1 aromatic rings. The zero-order chi connectivity index (χ0) is 16.2. The van der Waals surface area contributed by atoms with Crippen LogP contribution in [0.15, 0.2) is 24.3 Å². The zero-order valence-electron chi connectivity index (χ0n) is 14.9. The van der Waals surface area contributed by atoms with Gasteiger partial charge in [-0.3, -0.25) is 4.79 Å². The molecule has 1 aliphatic rings. The molecule has 3 N–H and O–H groups in total. The van der Waals surface area contributed by atoms with Gasteiger partial charge in [-0.1, -0.05) is 32.0 Å². The molecule has 0 aromatic heterocycles. The number of hydrogen-bond donors (Lipinski definition) is 2. The Balaban J connectivity index is 0.00000264. The topological polar surface area (TPSA) is 58.4 Å². The molecule has 1 aromatic carbocycles. The molecule has 4 nitrogen and oxygen atoms in total. The van der Waals surface area contributed by atoms with E-state index < -0.39 is 5.41 Å². The Hall–Kier alpha value is -0.970. The number of fused-ring (bicyclic) bond motifs is 1. The third-order valence-electron chi connectivity index (χ3n) is 5.24. The van der Waals surface area contributed by atoms with E-state index in [1.165, 1.54) is 11.3 Å². The van der Waals surface area contributed by atoms with Gasteiger partial charge >= 0.3 is 0 Å². The quantitative estimate of drug-likeness (QED) is 0.769. The van der Waals surface area contributed by atoms with Crippen LogP contribution in [0, 0.1) is 5.41 Å². The fourth-order valence-electron chi connectivity index (χ4n) is 3.31. The summed E-state index contributed by atoms with van der Waals surface area (Å²) in [6.07, 6.45) is 2.66. The van der Waals surface area contributed by atoms with E-state index in [2.05, 4.69) is 41.4 Å². The van der Waals surface area contributed by atoms with Crippen molar-refractivity contribution in [3.05, 3.63) is 29.8 Å². The minimum atomic E-state index is -0.414. The fourth-order valence-corrected chi connectivity index (χ4v) is 3.31. The van der Waals surface area contributed by atoms with E-state index in [0.717, 1.165) is 25.8 Å². The van der Waals surface area contributed by atoms with Crippen LogP contribution in [0.3, 0.4) is 0 Å². The molecule has 1 heterocycles. The molecular formula is C18H31Cl2N3O. The Morgan fingerprint density at radius 2 is 1.92 bits per heavy atom.